The van der Waals surface area contributed by atoms with Gasteiger partial charge in [-0.05, 0) is 12.1 Å². The number of hydrogen-bond donors (Lipinski definition) is 1. The summed E-state index contributed by atoms with van der Waals surface area (Å²) in [6, 6.07) is 7.37. The molecular weight excluding hydrogens is 206 g/mol. The fourth-order valence-corrected chi connectivity index (χ4v) is 2.13. The summed E-state index contributed by atoms with van der Waals surface area (Å²) in [6.07, 6.45) is 1.51. The van der Waals surface area contributed by atoms with Crippen molar-refractivity contribution in [2.75, 3.05) is 0 Å². The van der Waals surface area contributed by atoms with Crippen LogP contribution in [0, 0.1) is 0 Å². The number of benzene rings is 1. The van der Waals surface area contributed by atoms with E-state index in [9.17, 15) is 4.79 Å². The molecule has 0 radical (unpaired) electrons. The van der Waals surface area contributed by atoms with Crippen LogP contribution < -0.4 is 5.32 Å². The second-order valence-corrected chi connectivity index (χ2v) is 4.24. The minimum absolute atomic E-state index is 0.112. The van der Waals surface area contributed by atoms with Gasteiger partial charge in [-0.3, -0.25) is 4.79 Å². The lowest BCUT2D eigenvalue weighted by atomic mass is 10.2. The Balaban J connectivity index is 2.51. The maximum absolute atomic E-state index is 11.4. The predicted molar refractivity (Wildman–Crippen MR) is 53.7 cm³/mol. The lowest BCUT2D eigenvalue weighted by Gasteiger charge is -2.01. The Hall–Kier alpha value is -0.930. The lowest BCUT2D eigenvalue weighted by Crippen LogP contribution is -2.16. The Morgan fingerprint density at radius 3 is 2.92 bits per heavy atom. The molecule has 4 heteroatoms. The van der Waals surface area contributed by atoms with E-state index in [1.807, 2.05) is 18.2 Å². The van der Waals surface area contributed by atoms with Gasteiger partial charge >= 0.3 is 0 Å². The Kier molecular flexibility index (Phi) is 2.29. The van der Waals surface area contributed by atoms with Gasteiger partial charge in [0.1, 0.15) is 0 Å². The van der Waals surface area contributed by atoms with Crippen LogP contribution in [0.3, 0.4) is 0 Å². The van der Waals surface area contributed by atoms with E-state index in [1.54, 1.807) is 6.07 Å². The number of carbonyl (C=O) groups is 1. The molecule has 1 amide bonds. The highest BCUT2D eigenvalue weighted by Gasteiger charge is 2.14. The topological polar surface area (TPSA) is 29.1 Å². The van der Waals surface area contributed by atoms with Crippen LogP contribution in [0.2, 0.25) is 0 Å². The molecule has 2 nitrogen and oxygen atoms in total. The van der Waals surface area contributed by atoms with E-state index in [-0.39, 0.29) is 5.91 Å². The van der Waals surface area contributed by atoms with Gasteiger partial charge in [-0.15, -0.1) is 0 Å². The quantitative estimate of drug-likeness (QED) is 0.715. The molecule has 0 unspecified atom stereocenters. The zero-order chi connectivity index (χ0) is 9.26. The molecule has 0 bridgehead atoms. The van der Waals surface area contributed by atoms with Gasteiger partial charge in [-0.1, -0.05) is 35.5 Å². The summed E-state index contributed by atoms with van der Waals surface area (Å²) in [5, 5.41) is 2.60. The second-order valence-electron chi connectivity index (χ2n) is 2.52. The van der Waals surface area contributed by atoms with Crippen LogP contribution in [-0.2, 0) is 0 Å². The van der Waals surface area contributed by atoms with E-state index in [4.69, 9.17) is 11.6 Å². The number of hydrogen-bond acceptors (Lipinski definition) is 2. The number of thioether (sulfide) groups is 1. The fourth-order valence-electron chi connectivity index (χ4n) is 1.08. The molecule has 1 heterocycles. The molecule has 0 spiro atoms. The van der Waals surface area contributed by atoms with E-state index < -0.39 is 0 Å². The molecule has 13 heavy (non-hydrogen) atoms. The Morgan fingerprint density at radius 2 is 2.08 bits per heavy atom. The highest BCUT2D eigenvalue weighted by atomic mass is 35.5. The first kappa shape index (κ1) is 8.66. The normalized spacial score (nSPS) is 15.5. The number of rotatable bonds is 0. The maximum atomic E-state index is 11.4. The first-order chi connectivity index (χ1) is 6.27. The molecular formula is C9H6ClNOS. The molecule has 0 saturated carbocycles. The Bertz CT molecular complexity index is 389. The molecule has 2 rings (SSSR count). The van der Waals surface area contributed by atoms with Crippen LogP contribution >= 0.6 is 23.4 Å². The zero-order valence-electron chi connectivity index (χ0n) is 6.58. The van der Waals surface area contributed by atoms with Gasteiger partial charge in [0.15, 0.2) is 0 Å². The molecule has 0 aromatic heterocycles. The first-order valence-electron chi connectivity index (χ1n) is 3.71. The number of halogens is 1. The molecule has 0 atom stereocenters. The van der Waals surface area contributed by atoms with Crippen molar-refractivity contribution in [3.63, 3.8) is 0 Å². The largest absolute Gasteiger partial charge is 0.327 e. The summed E-state index contributed by atoms with van der Waals surface area (Å²) in [4.78, 5) is 12.3. The van der Waals surface area contributed by atoms with Gasteiger partial charge in [0.2, 0.25) is 0 Å². The van der Waals surface area contributed by atoms with E-state index in [2.05, 4.69) is 5.32 Å². The second kappa shape index (κ2) is 3.44. The van der Waals surface area contributed by atoms with Gasteiger partial charge in [0.05, 0.1) is 9.93 Å². The smallest absolute Gasteiger partial charge is 0.256 e. The summed E-state index contributed by atoms with van der Waals surface area (Å²) < 4.78 is 0.568. The maximum Gasteiger partial charge on any atom is 0.256 e. The summed E-state index contributed by atoms with van der Waals surface area (Å²) >= 11 is 7.20. The van der Waals surface area contributed by atoms with Gasteiger partial charge in [0.25, 0.3) is 5.91 Å². The molecule has 0 fully saturated rings. The number of fused-ring (bicyclic) bond motifs is 1. The van der Waals surface area contributed by atoms with Crippen molar-refractivity contribution in [2.24, 2.45) is 0 Å². The first-order valence-corrected chi connectivity index (χ1v) is 4.90. The minimum Gasteiger partial charge on any atom is -0.327 e. The SMILES string of the molecule is O=C1NC=C(Cl)Sc2ccccc21. The van der Waals surface area contributed by atoms with Crippen molar-refractivity contribution in [2.45, 2.75) is 4.90 Å². The van der Waals surface area contributed by atoms with Crippen molar-refractivity contribution < 1.29 is 4.79 Å². The van der Waals surface area contributed by atoms with Crippen molar-refractivity contribution in [3.05, 3.63) is 40.4 Å². The van der Waals surface area contributed by atoms with Crippen molar-refractivity contribution in [1.82, 2.24) is 5.32 Å². The lowest BCUT2D eigenvalue weighted by molar-refractivity contribution is 0.0967. The standard InChI is InChI=1S/C9H6ClNOS/c10-8-5-11-9(12)6-3-1-2-4-7(6)13-8/h1-5H,(H,11,12). The average molecular weight is 212 g/mol. The third kappa shape index (κ3) is 1.71. The Morgan fingerprint density at radius 1 is 1.31 bits per heavy atom. The zero-order valence-corrected chi connectivity index (χ0v) is 8.15. The third-order valence-electron chi connectivity index (χ3n) is 1.66. The van der Waals surface area contributed by atoms with Gasteiger partial charge < -0.3 is 5.32 Å². The third-order valence-corrected chi connectivity index (χ3v) is 2.89. The molecule has 1 aliphatic rings. The number of nitrogens with one attached hydrogen (secondary N) is 1. The van der Waals surface area contributed by atoms with Crippen LogP contribution in [0.15, 0.2) is 39.7 Å². The minimum atomic E-state index is -0.112. The highest BCUT2D eigenvalue weighted by molar-refractivity contribution is 8.04. The summed E-state index contributed by atoms with van der Waals surface area (Å²) in [6.45, 7) is 0. The van der Waals surface area contributed by atoms with E-state index in [0.29, 0.717) is 9.93 Å². The van der Waals surface area contributed by atoms with Gasteiger partial charge in [-0.2, -0.15) is 0 Å². The van der Waals surface area contributed by atoms with E-state index >= 15 is 0 Å². The Labute approximate surface area is 85.0 Å². The average Bonchev–Trinajstić information content (AvgIpc) is 2.27. The van der Waals surface area contributed by atoms with Crippen LogP contribution in [-0.4, -0.2) is 5.91 Å². The molecule has 66 valence electrons. The fraction of sp³-hybridized carbons (Fsp3) is 0. The van der Waals surface area contributed by atoms with E-state index in [1.165, 1.54) is 18.0 Å². The van der Waals surface area contributed by atoms with Gasteiger partial charge in [-0.25, -0.2) is 0 Å². The van der Waals surface area contributed by atoms with Crippen molar-refractivity contribution in [1.29, 1.82) is 0 Å². The highest BCUT2D eigenvalue weighted by Crippen LogP contribution is 2.33. The van der Waals surface area contributed by atoms with Crippen molar-refractivity contribution in [3.8, 4) is 0 Å². The molecule has 1 N–H and O–H groups in total. The molecule has 1 aliphatic heterocycles. The number of carbonyl (C=O) groups excluding carboxylic acids is 1. The molecule has 0 saturated heterocycles. The van der Waals surface area contributed by atoms with E-state index in [0.717, 1.165) is 4.90 Å². The van der Waals surface area contributed by atoms with Crippen LogP contribution in [0.4, 0.5) is 0 Å². The molecule has 0 aliphatic carbocycles. The molecule has 1 aromatic carbocycles. The summed E-state index contributed by atoms with van der Waals surface area (Å²) in [5.74, 6) is -0.112. The number of amides is 1. The summed E-state index contributed by atoms with van der Waals surface area (Å²) in [7, 11) is 0. The van der Waals surface area contributed by atoms with Gasteiger partial charge in [0, 0.05) is 11.1 Å². The van der Waals surface area contributed by atoms with Crippen LogP contribution in [0.5, 0.6) is 0 Å². The van der Waals surface area contributed by atoms with Crippen LogP contribution in [0.1, 0.15) is 10.4 Å². The summed E-state index contributed by atoms with van der Waals surface area (Å²) in [5.41, 5.74) is 0.666. The predicted octanol–water partition coefficient (Wildman–Crippen LogP) is 2.56. The van der Waals surface area contributed by atoms with Crippen molar-refractivity contribution >= 4 is 29.3 Å². The monoisotopic (exact) mass is 211 g/mol. The van der Waals surface area contributed by atoms with Crippen LogP contribution in [0.25, 0.3) is 0 Å². The molecule has 1 aromatic rings.